The smallest absolute Gasteiger partial charge is 0.409 e. The molecule has 0 bridgehead atoms. The number of benzene rings is 1. The molecule has 3 rings (SSSR count). The fraction of sp³-hybridized carbons (Fsp3) is 0.571. The van der Waals surface area contributed by atoms with Crippen molar-refractivity contribution in [3.05, 3.63) is 29.8 Å². The molecule has 1 aromatic carbocycles. The van der Waals surface area contributed by atoms with E-state index in [9.17, 15) is 18.0 Å². The Morgan fingerprint density at radius 1 is 1.26 bits per heavy atom. The zero-order valence-corrected chi connectivity index (χ0v) is 18.9. The van der Waals surface area contributed by atoms with Crippen molar-refractivity contribution in [2.75, 3.05) is 19.7 Å². The summed E-state index contributed by atoms with van der Waals surface area (Å²) in [5, 5.41) is 3.04. The van der Waals surface area contributed by atoms with E-state index in [-0.39, 0.29) is 34.7 Å². The van der Waals surface area contributed by atoms with Gasteiger partial charge in [-0.05, 0) is 37.8 Å². The fourth-order valence-electron chi connectivity index (χ4n) is 3.74. The Balaban J connectivity index is 1.72. The number of nitrogens with zero attached hydrogens (tertiary/aromatic N) is 2. The van der Waals surface area contributed by atoms with Crippen molar-refractivity contribution in [1.82, 2.24) is 14.9 Å². The number of ether oxygens (including phenoxy) is 1. The number of fused-ring (bicyclic) bond motifs is 1. The van der Waals surface area contributed by atoms with Crippen molar-refractivity contribution in [1.29, 1.82) is 0 Å². The molecule has 2 heterocycles. The first-order chi connectivity index (χ1) is 14.8. The van der Waals surface area contributed by atoms with Crippen LogP contribution in [0.15, 0.2) is 34.2 Å². The molecule has 1 fully saturated rings. The summed E-state index contributed by atoms with van der Waals surface area (Å²) >= 11 is 0. The molecule has 2 aliphatic heterocycles. The second-order valence-corrected chi connectivity index (χ2v) is 9.53. The summed E-state index contributed by atoms with van der Waals surface area (Å²) in [7, 11) is -3.67. The molecule has 2 amide bonds. The van der Waals surface area contributed by atoms with Crippen molar-refractivity contribution >= 4 is 27.9 Å². The maximum Gasteiger partial charge on any atom is 0.409 e. The third kappa shape index (κ3) is 5.17. The van der Waals surface area contributed by atoms with Crippen LogP contribution < -0.4 is 10.0 Å². The first kappa shape index (κ1) is 23.1. The third-order valence-electron chi connectivity index (χ3n) is 5.75. The minimum absolute atomic E-state index is 0.0718. The Morgan fingerprint density at radius 3 is 2.58 bits per heavy atom. The lowest BCUT2D eigenvalue weighted by atomic mass is 9.97. The Bertz CT molecular complexity index is 954. The molecule has 9 nitrogen and oxygen atoms in total. The minimum atomic E-state index is -3.67. The molecule has 0 spiro atoms. The molecule has 0 radical (unpaired) electrons. The molecule has 2 atom stereocenters. The summed E-state index contributed by atoms with van der Waals surface area (Å²) in [6.07, 6.45) is 1.64. The van der Waals surface area contributed by atoms with Gasteiger partial charge in [0, 0.05) is 24.7 Å². The summed E-state index contributed by atoms with van der Waals surface area (Å²) < 4.78 is 32.2. The van der Waals surface area contributed by atoms with E-state index in [1.54, 1.807) is 30.0 Å². The van der Waals surface area contributed by atoms with E-state index in [1.807, 2.05) is 13.8 Å². The van der Waals surface area contributed by atoms with E-state index in [4.69, 9.17) is 4.74 Å². The Hall–Kier alpha value is -2.62. The predicted molar refractivity (Wildman–Crippen MR) is 116 cm³/mol. The van der Waals surface area contributed by atoms with Crippen molar-refractivity contribution in [3.8, 4) is 0 Å². The number of rotatable bonds is 6. The van der Waals surface area contributed by atoms with Gasteiger partial charge in [0.05, 0.1) is 11.5 Å². The summed E-state index contributed by atoms with van der Waals surface area (Å²) in [6.45, 7) is 7.02. The number of likely N-dealkylation sites (tertiary alicyclic amines) is 1. The van der Waals surface area contributed by atoms with Gasteiger partial charge in [0.2, 0.25) is 5.91 Å². The molecular weight excluding hydrogens is 420 g/mol. The van der Waals surface area contributed by atoms with Crippen LogP contribution in [-0.4, -0.2) is 62.9 Å². The number of aliphatic imine (C=N–C) groups is 1. The first-order valence-electron chi connectivity index (χ1n) is 10.7. The van der Waals surface area contributed by atoms with Crippen molar-refractivity contribution in [2.24, 2.45) is 10.9 Å². The fourth-order valence-corrected chi connectivity index (χ4v) is 4.98. The van der Waals surface area contributed by atoms with Gasteiger partial charge < -0.3 is 15.0 Å². The molecule has 0 unspecified atom stereocenters. The molecule has 2 N–H and O–H groups in total. The number of carbonyl (C=O) groups is 2. The van der Waals surface area contributed by atoms with E-state index in [2.05, 4.69) is 15.0 Å². The highest BCUT2D eigenvalue weighted by Gasteiger charge is 2.34. The first-order valence-corrected chi connectivity index (χ1v) is 12.2. The van der Waals surface area contributed by atoms with Gasteiger partial charge in [0.15, 0.2) is 0 Å². The van der Waals surface area contributed by atoms with Crippen LogP contribution in [0.25, 0.3) is 0 Å². The second kappa shape index (κ2) is 9.67. The highest BCUT2D eigenvalue weighted by Crippen LogP contribution is 2.24. The lowest BCUT2D eigenvalue weighted by molar-refractivity contribution is -0.124. The Morgan fingerprint density at radius 2 is 1.94 bits per heavy atom. The average molecular weight is 451 g/mol. The highest BCUT2D eigenvalue weighted by molar-refractivity contribution is 7.90. The standard InChI is InChI=1S/C21H30N4O5S/c1-4-14(3)18(23-19-16-8-6-7-9-17(16)31(28,29)24-19)20(26)22-15-10-12-25(13-11-15)21(27)30-5-2/h6-9,14-15,18H,4-5,10-13H2,1-3H3,(H,22,26)(H,23,24)/t14-,18-/m0/s1. The number of amidine groups is 1. The lowest BCUT2D eigenvalue weighted by Gasteiger charge is -2.32. The maximum atomic E-state index is 13.1. The molecule has 1 aromatic rings. The average Bonchev–Trinajstić information content (AvgIpc) is 3.02. The van der Waals surface area contributed by atoms with Gasteiger partial charge >= 0.3 is 6.09 Å². The van der Waals surface area contributed by atoms with Crippen LogP contribution in [0.2, 0.25) is 0 Å². The van der Waals surface area contributed by atoms with E-state index < -0.39 is 16.1 Å². The molecule has 170 valence electrons. The molecule has 1 saturated heterocycles. The summed E-state index contributed by atoms with van der Waals surface area (Å²) in [5.74, 6) is -0.113. The van der Waals surface area contributed by atoms with E-state index in [0.717, 1.165) is 0 Å². The van der Waals surface area contributed by atoms with Gasteiger partial charge in [-0.3, -0.25) is 14.5 Å². The van der Waals surface area contributed by atoms with Gasteiger partial charge in [-0.15, -0.1) is 0 Å². The van der Waals surface area contributed by atoms with Crippen LogP contribution in [0.3, 0.4) is 0 Å². The molecule has 31 heavy (non-hydrogen) atoms. The van der Waals surface area contributed by atoms with Crippen LogP contribution in [0.1, 0.15) is 45.6 Å². The van der Waals surface area contributed by atoms with E-state index >= 15 is 0 Å². The SMILES string of the molecule is CCOC(=O)N1CCC(NC(=O)[C@@H](N=C2NS(=O)(=O)c3ccccc32)[C@@H](C)CC)CC1. The molecule has 0 saturated carbocycles. The van der Waals surface area contributed by atoms with Gasteiger partial charge in [-0.1, -0.05) is 32.4 Å². The van der Waals surface area contributed by atoms with Crippen LogP contribution in [-0.2, 0) is 19.6 Å². The summed E-state index contributed by atoms with van der Waals surface area (Å²) in [5.41, 5.74) is 0.478. The topological polar surface area (TPSA) is 117 Å². The van der Waals surface area contributed by atoms with Crippen LogP contribution in [0.5, 0.6) is 0 Å². The number of piperidine rings is 1. The summed E-state index contributed by atoms with van der Waals surface area (Å²) in [6, 6.07) is 5.81. The van der Waals surface area contributed by atoms with Crippen LogP contribution in [0.4, 0.5) is 4.79 Å². The van der Waals surface area contributed by atoms with Gasteiger partial charge in [-0.25, -0.2) is 13.2 Å². The number of carbonyl (C=O) groups excluding carboxylic acids is 2. The number of nitrogens with one attached hydrogen (secondary N) is 2. The maximum absolute atomic E-state index is 13.1. The molecule has 10 heteroatoms. The van der Waals surface area contributed by atoms with Crippen LogP contribution in [0, 0.1) is 5.92 Å². The zero-order chi connectivity index (χ0) is 22.6. The molecule has 2 aliphatic rings. The van der Waals surface area contributed by atoms with Crippen molar-refractivity contribution in [2.45, 2.75) is 57.0 Å². The van der Waals surface area contributed by atoms with Gasteiger partial charge in [0.1, 0.15) is 11.9 Å². The van der Waals surface area contributed by atoms with Crippen molar-refractivity contribution < 1.29 is 22.7 Å². The van der Waals surface area contributed by atoms with Crippen molar-refractivity contribution in [3.63, 3.8) is 0 Å². The van der Waals surface area contributed by atoms with Gasteiger partial charge in [0.25, 0.3) is 10.0 Å². The zero-order valence-electron chi connectivity index (χ0n) is 18.1. The predicted octanol–water partition coefficient (Wildman–Crippen LogP) is 1.88. The Labute approximate surface area is 183 Å². The largest absolute Gasteiger partial charge is 0.450 e. The quantitative estimate of drug-likeness (QED) is 0.686. The summed E-state index contributed by atoms with van der Waals surface area (Å²) in [4.78, 5) is 31.3. The molecule has 0 aromatic heterocycles. The molecular formula is C21H30N4O5S. The third-order valence-corrected chi connectivity index (χ3v) is 7.15. The second-order valence-electron chi connectivity index (χ2n) is 7.88. The van der Waals surface area contributed by atoms with Gasteiger partial charge in [-0.2, -0.15) is 0 Å². The highest BCUT2D eigenvalue weighted by atomic mass is 32.2. The number of hydrogen-bond acceptors (Lipinski definition) is 6. The monoisotopic (exact) mass is 450 g/mol. The van der Waals surface area contributed by atoms with E-state index in [0.29, 0.717) is 44.5 Å². The minimum Gasteiger partial charge on any atom is -0.450 e. The number of sulfonamides is 1. The Kier molecular flexibility index (Phi) is 7.19. The normalized spacial score (nSPS) is 21.1. The van der Waals surface area contributed by atoms with E-state index in [1.165, 1.54) is 6.07 Å². The van der Waals surface area contributed by atoms with Crippen LogP contribution >= 0.6 is 0 Å². The number of amides is 2. The number of hydrogen-bond donors (Lipinski definition) is 2. The lowest BCUT2D eigenvalue weighted by Crippen LogP contribution is -2.49. The molecule has 0 aliphatic carbocycles.